The number of phenols is 1. The molecule has 0 saturated heterocycles. The molecule has 0 aliphatic carbocycles. The molecule has 0 aliphatic rings. The Morgan fingerprint density at radius 3 is 2.60 bits per heavy atom. The molecule has 1 heterocycles. The number of carbonyl (C=O) groups is 1. The maximum atomic E-state index is 12.6. The first-order chi connectivity index (χ1) is 14.3. The quantitative estimate of drug-likeness (QED) is 0.363. The second-order valence-electron chi connectivity index (χ2n) is 6.14. The maximum Gasteiger partial charge on any atom is 0.331 e. The van der Waals surface area contributed by atoms with Crippen LogP contribution in [0.2, 0.25) is 5.02 Å². The van der Waals surface area contributed by atoms with E-state index in [2.05, 4.69) is 15.3 Å². The average Bonchev–Trinajstić information content (AvgIpc) is 2.72. The van der Waals surface area contributed by atoms with Crippen molar-refractivity contribution in [2.24, 2.45) is 0 Å². The number of anilines is 2. The van der Waals surface area contributed by atoms with Crippen LogP contribution in [0.5, 0.6) is 11.5 Å². The summed E-state index contributed by atoms with van der Waals surface area (Å²) in [6, 6.07) is 10.4. The second kappa shape index (κ2) is 8.66. The van der Waals surface area contributed by atoms with E-state index in [4.69, 9.17) is 21.7 Å². The average molecular weight is 428 g/mol. The first-order valence-corrected chi connectivity index (χ1v) is 9.07. The minimum absolute atomic E-state index is 0.0769. The Labute approximate surface area is 176 Å². The number of rotatable bonds is 5. The standard InChI is InChI=1S/C20H18ClN5O4/c1-11-16(24-20(29)26(10-22)13-8-6-12(21)7-9-13)19(28)25-18(23-11)14-4-3-5-15(30-2)17(14)27/h3-10,22,27H,1-2H3,(H,24,29)(H,23,25,28). The second-order valence-corrected chi connectivity index (χ2v) is 6.57. The van der Waals surface area contributed by atoms with Crippen LogP contribution in [-0.2, 0) is 0 Å². The first kappa shape index (κ1) is 20.9. The largest absolute Gasteiger partial charge is 0.504 e. The molecule has 1 aromatic heterocycles. The molecule has 0 atom stereocenters. The molecule has 3 aromatic rings. The van der Waals surface area contributed by atoms with Gasteiger partial charge in [0.2, 0.25) is 0 Å². The van der Waals surface area contributed by atoms with Gasteiger partial charge in [0.15, 0.2) is 11.5 Å². The molecule has 3 rings (SSSR count). The number of phenolic OH excluding ortho intramolecular Hbond substituents is 1. The monoisotopic (exact) mass is 427 g/mol. The van der Waals surface area contributed by atoms with Crippen molar-refractivity contribution in [1.82, 2.24) is 9.97 Å². The summed E-state index contributed by atoms with van der Waals surface area (Å²) in [5.41, 5.74) is 0.202. The Balaban J connectivity index is 1.92. The van der Waals surface area contributed by atoms with E-state index in [1.54, 1.807) is 49.4 Å². The number of methoxy groups -OCH3 is 1. The van der Waals surface area contributed by atoms with Gasteiger partial charge in [-0.3, -0.25) is 15.1 Å². The summed E-state index contributed by atoms with van der Waals surface area (Å²) in [6.07, 6.45) is 0.818. The number of carbonyl (C=O) groups excluding carboxylic acids is 1. The smallest absolute Gasteiger partial charge is 0.331 e. The lowest BCUT2D eigenvalue weighted by Gasteiger charge is -2.18. The van der Waals surface area contributed by atoms with Crippen molar-refractivity contribution in [3.63, 3.8) is 0 Å². The van der Waals surface area contributed by atoms with Crippen molar-refractivity contribution in [1.29, 1.82) is 5.41 Å². The Hall–Kier alpha value is -3.85. The van der Waals surface area contributed by atoms with Crippen LogP contribution in [0.4, 0.5) is 16.2 Å². The number of urea groups is 1. The fourth-order valence-corrected chi connectivity index (χ4v) is 2.88. The number of aromatic nitrogens is 2. The fourth-order valence-electron chi connectivity index (χ4n) is 2.76. The SMILES string of the molecule is COc1cccc(-c2nc(C)c(NC(=O)N(C=N)c3ccc(Cl)cc3)c(=O)[nH]2)c1O. The molecule has 2 amide bonds. The van der Waals surface area contributed by atoms with Gasteiger partial charge >= 0.3 is 6.03 Å². The Morgan fingerprint density at radius 2 is 2.00 bits per heavy atom. The lowest BCUT2D eigenvalue weighted by Crippen LogP contribution is -2.35. The zero-order chi connectivity index (χ0) is 21.8. The Kier molecular flexibility index (Phi) is 6.03. The van der Waals surface area contributed by atoms with Crippen LogP contribution in [0.1, 0.15) is 5.69 Å². The fraction of sp³-hybridized carbons (Fsp3) is 0.100. The van der Waals surface area contributed by atoms with Crippen LogP contribution in [0.3, 0.4) is 0 Å². The van der Waals surface area contributed by atoms with Gasteiger partial charge in [-0.15, -0.1) is 0 Å². The molecule has 9 nitrogen and oxygen atoms in total. The molecule has 0 spiro atoms. The van der Waals surface area contributed by atoms with Gasteiger partial charge in [-0.2, -0.15) is 0 Å². The molecule has 0 bridgehead atoms. The normalized spacial score (nSPS) is 10.4. The van der Waals surface area contributed by atoms with Gasteiger partial charge in [-0.1, -0.05) is 17.7 Å². The van der Waals surface area contributed by atoms with Crippen LogP contribution in [0.25, 0.3) is 11.4 Å². The summed E-state index contributed by atoms with van der Waals surface area (Å²) in [7, 11) is 1.41. The van der Waals surface area contributed by atoms with Crippen LogP contribution in [0, 0.1) is 12.3 Å². The van der Waals surface area contributed by atoms with E-state index in [0.29, 0.717) is 10.7 Å². The number of hydrogen-bond donors (Lipinski definition) is 4. The minimum Gasteiger partial charge on any atom is -0.504 e. The molecule has 30 heavy (non-hydrogen) atoms. The van der Waals surface area contributed by atoms with Gasteiger partial charge < -0.3 is 20.1 Å². The van der Waals surface area contributed by atoms with E-state index in [9.17, 15) is 14.7 Å². The highest BCUT2D eigenvalue weighted by atomic mass is 35.5. The molecule has 0 fully saturated rings. The number of aromatic amines is 1. The van der Waals surface area contributed by atoms with E-state index >= 15 is 0 Å². The summed E-state index contributed by atoms with van der Waals surface area (Å²) in [6.45, 7) is 1.54. The topological polar surface area (TPSA) is 131 Å². The number of nitrogens with one attached hydrogen (secondary N) is 3. The number of nitrogens with zero attached hydrogens (tertiary/aromatic N) is 2. The molecule has 2 aromatic carbocycles. The predicted octanol–water partition coefficient (Wildman–Crippen LogP) is 3.76. The van der Waals surface area contributed by atoms with Crippen molar-refractivity contribution in [3.8, 4) is 22.9 Å². The number of para-hydroxylation sites is 1. The van der Waals surface area contributed by atoms with E-state index in [0.717, 1.165) is 11.2 Å². The summed E-state index contributed by atoms with van der Waals surface area (Å²) >= 11 is 5.85. The van der Waals surface area contributed by atoms with Gasteiger partial charge in [-0.25, -0.2) is 9.78 Å². The third-order valence-corrected chi connectivity index (χ3v) is 4.51. The summed E-state index contributed by atoms with van der Waals surface area (Å²) in [5.74, 6) is 0.181. The van der Waals surface area contributed by atoms with Crippen LogP contribution in [-0.4, -0.2) is 34.6 Å². The number of aromatic hydroxyl groups is 1. The van der Waals surface area contributed by atoms with Crippen molar-refractivity contribution in [3.05, 3.63) is 63.5 Å². The van der Waals surface area contributed by atoms with Gasteiger partial charge in [0.25, 0.3) is 5.56 Å². The molecule has 0 unspecified atom stereocenters. The Bertz CT molecular complexity index is 1160. The van der Waals surface area contributed by atoms with Crippen LogP contribution in [0.15, 0.2) is 47.3 Å². The first-order valence-electron chi connectivity index (χ1n) is 8.69. The predicted molar refractivity (Wildman–Crippen MR) is 115 cm³/mol. The lowest BCUT2D eigenvalue weighted by atomic mass is 10.1. The van der Waals surface area contributed by atoms with E-state index < -0.39 is 11.6 Å². The van der Waals surface area contributed by atoms with Gasteiger partial charge in [0, 0.05) is 5.02 Å². The number of aryl methyl sites for hydroxylation is 1. The minimum atomic E-state index is -0.722. The molecular weight excluding hydrogens is 410 g/mol. The molecule has 0 saturated carbocycles. The number of amides is 2. The molecule has 0 radical (unpaired) electrons. The highest BCUT2D eigenvalue weighted by molar-refractivity contribution is 6.30. The van der Waals surface area contributed by atoms with E-state index in [1.165, 1.54) is 7.11 Å². The van der Waals surface area contributed by atoms with Gasteiger partial charge in [0.05, 0.1) is 30.4 Å². The van der Waals surface area contributed by atoms with Crippen molar-refractivity contribution >= 4 is 35.3 Å². The van der Waals surface area contributed by atoms with E-state index in [-0.39, 0.29) is 34.3 Å². The summed E-state index contributed by atoms with van der Waals surface area (Å²) in [4.78, 5) is 33.1. The maximum absolute atomic E-state index is 12.6. The summed E-state index contributed by atoms with van der Waals surface area (Å²) < 4.78 is 5.07. The lowest BCUT2D eigenvalue weighted by molar-refractivity contribution is 0.259. The van der Waals surface area contributed by atoms with Crippen molar-refractivity contribution < 1.29 is 14.6 Å². The number of ether oxygens (including phenoxy) is 1. The zero-order valence-electron chi connectivity index (χ0n) is 16.1. The molecule has 0 aliphatic heterocycles. The molecule has 10 heteroatoms. The van der Waals surface area contributed by atoms with Crippen molar-refractivity contribution in [2.75, 3.05) is 17.3 Å². The molecule has 4 N–H and O–H groups in total. The summed E-state index contributed by atoms with van der Waals surface area (Å²) in [5, 5.41) is 20.8. The highest BCUT2D eigenvalue weighted by Crippen LogP contribution is 2.35. The number of H-pyrrole nitrogens is 1. The molecular formula is C20H18ClN5O4. The number of benzene rings is 2. The zero-order valence-corrected chi connectivity index (χ0v) is 16.8. The van der Waals surface area contributed by atoms with Gasteiger partial charge in [0.1, 0.15) is 11.5 Å². The third-order valence-electron chi connectivity index (χ3n) is 4.26. The highest BCUT2D eigenvalue weighted by Gasteiger charge is 2.19. The third kappa shape index (κ3) is 4.11. The van der Waals surface area contributed by atoms with E-state index in [1.807, 2.05) is 0 Å². The van der Waals surface area contributed by atoms with Crippen molar-refractivity contribution in [2.45, 2.75) is 6.92 Å². The van der Waals surface area contributed by atoms with Gasteiger partial charge in [-0.05, 0) is 43.3 Å². The van der Waals surface area contributed by atoms with Crippen LogP contribution >= 0.6 is 11.6 Å². The number of halogens is 1. The van der Waals surface area contributed by atoms with Crippen LogP contribution < -0.4 is 20.5 Å². The molecule has 154 valence electrons. The number of hydrogen-bond acceptors (Lipinski definition) is 6. The Morgan fingerprint density at radius 1 is 1.30 bits per heavy atom.